The number of benzene rings is 1. The minimum absolute atomic E-state index is 0.0274. The van der Waals surface area contributed by atoms with Crippen LogP contribution in [0.5, 0.6) is 0 Å². The largest absolute Gasteiger partial charge is 0.394 e. The quantitative estimate of drug-likeness (QED) is 0.689. The fourth-order valence-corrected chi connectivity index (χ4v) is 4.66. The third kappa shape index (κ3) is 3.75. The first-order chi connectivity index (χ1) is 13.5. The number of thiophene rings is 1. The van der Waals surface area contributed by atoms with Crippen LogP contribution in [0.25, 0.3) is 21.3 Å². The van der Waals surface area contributed by atoms with Gasteiger partial charge >= 0.3 is 0 Å². The van der Waals surface area contributed by atoms with Crippen LogP contribution in [0.15, 0.2) is 35.7 Å². The number of piperidine rings is 1. The summed E-state index contributed by atoms with van der Waals surface area (Å²) in [6, 6.07) is 10.4. The lowest BCUT2D eigenvalue weighted by Crippen LogP contribution is -2.53. The van der Waals surface area contributed by atoms with Crippen molar-refractivity contribution in [3.8, 4) is 11.1 Å². The molecule has 0 bridgehead atoms. The number of nitrogens with two attached hydrogens (primary N) is 1. The molecule has 1 fully saturated rings. The highest BCUT2D eigenvalue weighted by Gasteiger charge is 2.32. The van der Waals surface area contributed by atoms with Crippen molar-refractivity contribution in [3.63, 3.8) is 0 Å². The van der Waals surface area contributed by atoms with Crippen molar-refractivity contribution >= 4 is 27.4 Å². The predicted octanol–water partition coefficient (Wildman–Crippen LogP) is 2.71. The van der Waals surface area contributed by atoms with E-state index in [4.69, 9.17) is 15.7 Å². The summed E-state index contributed by atoms with van der Waals surface area (Å²) in [4.78, 5) is 15.2. The number of hydrogen-bond acceptors (Lipinski definition) is 7. The topological polar surface area (TPSA) is 78.5 Å². The smallest absolute Gasteiger partial charge is 0.146 e. The Labute approximate surface area is 169 Å². The highest BCUT2D eigenvalue weighted by Crippen LogP contribution is 2.39. The molecule has 0 radical (unpaired) electrons. The van der Waals surface area contributed by atoms with Crippen LogP contribution in [0.2, 0.25) is 0 Å². The molecule has 4 rings (SSSR count). The first-order valence-electron chi connectivity index (χ1n) is 9.62. The van der Waals surface area contributed by atoms with Gasteiger partial charge in [0.05, 0.1) is 18.5 Å². The van der Waals surface area contributed by atoms with E-state index in [0.717, 1.165) is 47.8 Å². The first-order valence-corrected chi connectivity index (χ1v) is 10.5. The number of rotatable bonds is 5. The Bertz CT molecular complexity index is 948. The highest BCUT2D eigenvalue weighted by atomic mass is 32.1. The lowest BCUT2D eigenvalue weighted by molar-refractivity contribution is 0.170. The Kier molecular flexibility index (Phi) is 5.33. The van der Waals surface area contributed by atoms with E-state index in [1.54, 1.807) is 11.3 Å². The zero-order valence-corrected chi connectivity index (χ0v) is 17.2. The summed E-state index contributed by atoms with van der Waals surface area (Å²) in [5.41, 5.74) is 8.17. The van der Waals surface area contributed by atoms with Gasteiger partial charge in [-0.25, -0.2) is 9.97 Å². The van der Waals surface area contributed by atoms with Gasteiger partial charge in [0.2, 0.25) is 0 Å². The summed E-state index contributed by atoms with van der Waals surface area (Å²) in [5.74, 6) is 1.82. The standard InChI is InChI=1S/C21H27N5OS/c1-25(2)12-17-23-19(26-10-8-21(22,14-27)9-11-26)18-16(13-28-20(18)24-17)15-6-4-3-5-7-15/h3-7,13,27H,8-12,14,22H2,1-2H3. The van der Waals surface area contributed by atoms with Crippen LogP contribution in [-0.4, -0.2) is 59.3 Å². The van der Waals surface area contributed by atoms with Crippen molar-refractivity contribution in [2.75, 3.05) is 38.7 Å². The van der Waals surface area contributed by atoms with Crippen molar-refractivity contribution in [2.45, 2.75) is 24.9 Å². The van der Waals surface area contributed by atoms with Crippen molar-refractivity contribution < 1.29 is 5.11 Å². The molecular formula is C21H27N5OS. The summed E-state index contributed by atoms with van der Waals surface area (Å²) < 4.78 is 0. The maximum Gasteiger partial charge on any atom is 0.146 e. The molecule has 1 aliphatic heterocycles. The summed E-state index contributed by atoms with van der Waals surface area (Å²) in [6.07, 6.45) is 1.51. The Hall–Kier alpha value is -2.06. The molecule has 0 aliphatic carbocycles. The lowest BCUT2D eigenvalue weighted by atomic mass is 9.89. The Morgan fingerprint density at radius 2 is 1.89 bits per heavy atom. The van der Waals surface area contributed by atoms with Gasteiger partial charge < -0.3 is 20.6 Å². The van der Waals surface area contributed by atoms with Crippen LogP contribution >= 0.6 is 11.3 Å². The van der Waals surface area contributed by atoms with Crippen LogP contribution in [0.3, 0.4) is 0 Å². The zero-order chi connectivity index (χ0) is 19.7. The molecule has 1 saturated heterocycles. The van der Waals surface area contributed by atoms with Crippen LogP contribution in [0, 0.1) is 0 Å². The molecule has 6 nitrogen and oxygen atoms in total. The van der Waals surface area contributed by atoms with Crippen molar-refractivity contribution in [3.05, 3.63) is 41.5 Å². The van der Waals surface area contributed by atoms with E-state index in [-0.39, 0.29) is 6.61 Å². The summed E-state index contributed by atoms with van der Waals surface area (Å²) >= 11 is 1.67. The summed E-state index contributed by atoms with van der Waals surface area (Å²) in [7, 11) is 4.06. The van der Waals surface area contributed by atoms with Crippen LogP contribution in [-0.2, 0) is 6.54 Å². The van der Waals surface area contributed by atoms with E-state index in [2.05, 4.69) is 39.4 Å². The molecule has 28 heavy (non-hydrogen) atoms. The Morgan fingerprint density at radius 1 is 1.18 bits per heavy atom. The fourth-order valence-electron chi connectivity index (χ4n) is 3.70. The van der Waals surface area contributed by atoms with Gasteiger partial charge in [0.1, 0.15) is 16.5 Å². The van der Waals surface area contributed by atoms with Crippen LogP contribution in [0.4, 0.5) is 5.82 Å². The van der Waals surface area contributed by atoms with Crippen molar-refractivity contribution in [1.29, 1.82) is 0 Å². The second kappa shape index (κ2) is 7.75. The number of aliphatic hydroxyl groups excluding tert-OH is 1. The Balaban J connectivity index is 1.81. The molecule has 0 spiro atoms. The zero-order valence-electron chi connectivity index (χ0n) is 16.4. The van der Waals surface area contributed by atoms with Crippen molar-refractivity contribution in [1.82, 2.24) is 14.9 Å². The van der Waals surface area contributed by atoms with Crippen LogP contribution < -0.4 is 10.6 Å². The molecule has 0 unspecified atom stereocenters. The summed E-state index contributed by atoms with van der Waals surface area (Å²) in [5, 5.41) is 12.9. The SMILES string of the molecule is CN(C)Cc1nc(N2CCC(N)(CO)CC2)c2c(-c3ccccc3)csc2n1. The number of fused-ring (bicyclic) bond motifs is 1. The van der Waals surface area contributed by atoms with E-state index in [1.165, 1.54) is 11.1 Å². The predicted molar refractivity (Wildman–Crippen MR) is 116 cm³/mol. The Morgan fingerprint density at radius 3 is 2.54 bits per heavy atom. The van der Waals surface area contributed by atoms with E-state index in [9.17, 15) is 5.11 Å². The molecule has 0 saturated carbocycles. The monoisotopic (exact) mass is 397 g/mol. The second-order valence-corrected chi connectivity index (χ2v) is 8.76. The van der Waals surface area contributed by atoms with Crippen LogP contribution in [0.1, 0.15) is 18.7 Å². The van der Waals surface area contributed by atoms with Gasteiger partial charge in [-0.15, -0.1) is 11.3 Å². The van der Waals surface area contributed by atoms with Gasteiger partial charge in [0.25, 0.3) is 0 Å². The van der Waals surface area contributed by atoms with Gasteiger partial charge in [-0.05, 0) is 32.5 Å². The maximum absolute atomic E-state index is 9.61. The second-order valence-electron chi connectivity index (χ2n) is 7.90. The van der Waals surface area contributed by atoms with E-state index in [1.807, 2.05) is 20.2 Å². The minimum Gasteiger partial charge on any atom is -0.394 e. The first kappa shape index (κ1) is 19.3. The van der Waals surface area contributed by atoms with Gasteiger partial charge in [0, 0.05) is 29.6 Å². The highest BCUT2D eigenvalue weighted by molar-refractivity contribution is 7.17. The number of anilines is 1. The number of aromatic nitrogens is 2. The van der Waals surface area contributed by atoms with Crippen molar-refractivity contribution in [2.24, 2.45) is 5.73 Å². The molecular weight excluding hydrogens is 370 g/mol. The van der Waals surface area contributed by atoms with E-state index < -0.39 is 5.54 Å². The average Bonchev–Trinajstić information content (AvgIpc) is 3.12. The minimum atomic E-state index is -0.480. The van der Waals surface area contributed by atoms with E-state index in [0.29, 0.717) is 6.54 Å². The molecule has 7 heteroatoms. The molecule has 148 valence electrons. The third-order valence-corrected chi connectivity index (χ3v) is 6.25. The molecule has 3 N–H and O–H groups in total. The molecule has 0 atom stereocenters. The number of nitrogens with zero attached hydrogens (tertiary/aromatic N) is 4. The third-order valence-electron chi connectivity index (χ3n) is 5.38. The molecule has 2 aromatic heterocycles. The lowest BCUT2D eigenvalue weighted by Gasteiger charge is -2.39. The van der Waals surface area contributed by atoms with Gasteiger partial charge in [-0.3, -0.25) is 0 Å². The molecule has 3 aromatic rings. The van der Waals surface area contributed by atoms with Gasteiger partial charge in [-0.1, -0.05) is 30.3 Å². The van der Waals surface area contributed by atoms with Gasteiger partial charge in [0.15, 0.2) is 0 Å². The molecule has 3 heterocycles. The van der Waals surface area contributed by atoms with Gasteiger partial charge in [-0.2, -0.15) is 0 Å². The molecule has 1 aliphatic rings. The summed E-state index contributed by atoms with van der Waals surface area (Å²) in [6.45, 7) is 2.30. The molecule has 1 aromatic carbocycles. The molecule has 0 amide bonds. The van der Waals surface area contributed by atoms with E-state index >= 15 is 0 Å². The normalized spacial score (nSPS) is 16.8. The number of hydrogen-bond donors (Lipinski definition) is 2. The number of aliphatic hydroxyl groups is 1. The average molecular weight is 398 g/mol. The fraction of sp³-hybridized carbons (Fsp3) is 0.429. The maximum atomic E-state index is 9.61.